The molecule has 1 atom stereocenters. The van der Waals surface area contributed by atoms with Crippen LogP contribution < -0.4 is 15.4 Å². The Morgan fingerprint density at radius 3 is 2.62 bits per heavy atom. The maximum atomic E-state index is 13.1. The summed E-state index contributed by atoms with van der Waals surface area (Å²) in [7, 11) is 3.05. The van der Waals surface area contributed by atoms with Crippen molar-refractivity contribution in [1.82, 2.24) is 20.4 Å². The van der Waals surface area contributed by atoms with Crippen LogP contribution in [0.2, 0.25) is 0 Å². The Morgan fingerprint density at radius 1 is 1.34 bits per heavy atom. The molecule has 6 nitrogen and oxygen atoms in total. The number of hydrogen-bond acceptors (Lipinski definition) is 3. The fraction of sp³-hybridized carbons (Fsp3) is 0.474. The highest BCUT2D eigenvalue weighted by atomic mass is 127. The molecule has 0 aliphatic carbocycles. The summed E-state index contributed by atoms with van der Waals surface area (Å²) in [5.41, 5.74) is 1.12. The fourth-order valence-corrected chi connectivity index (χ4v) is 2.85. The van der Waals surface area contributed by atoms with Crippen molar-refractivity contribution < 1.29 is 17.9 Å². The predicted octanol–water partition coefficient (Wildman–Crippen LogP) is 4.19. The minimum atomic E-state index is -4.51. The lowest BCUT2D eigenvalue weighted by atomic mass is 10.0. The third kappa shape index (κ3) is 6.79. The molecule has 1 aromatic carbocycles. The van der Waals surface area contributed by atoms with Crippen molar-refractivity contribution in [1.29, 1.82) is 0 Å². The van der Waals surface area contributed by atoms with Crippen molar-refractivity contribution in [3.05, 3.63) is 46.8 Å². The number of methoxy groups -OCH3 is 1. The molecule has 0 aliphatic heterocycles. The van der Waals surface area contributed by atoms with Gasteiger partial charge in [0.15, 0.2) is 11.7 Å². The van der Waals surface area contributed by atoms with E-state index in [-0.39, 0.29) is 42.1 Å². The van der Waals surface area contributed by atoms with Crippen LogP contribution in [0, 0.1) is 6.92 Å². The normalized spacial score (nSPS) is 12.9. The largest absolute Gasteiger partial charge is 0.496 e. The summed E-state index contributed by atoms with van der Waals surface area (Å²) < 4.78 is 45.9. The van der Waals surface area contributed by atoms with Crippen molar-refractivity contribution in [2.45, 2.75) is 39.5 Å². The Balaban J connectivity index is 0.00000420. The average Bonchev–Trinajstić information content (AvgIpc) is 3.01. The number of aliphatic imine (C=N–C) groups is 1. The number of halogens is 4. The van der Waals surface area contributed by atoms with Gasteiger partial charge in [-0.05, 0) is 26.8 Å². The maximum Gasteiger partial charge on any atom is 0.435 e. The molecule has 10 heteroatoms. The van der Waals surface area contributed by atoms with Gasteiger partial charge in [-0.15, -0.1) is 24.0 Å². The molecule has 2 rings (SSSR count). The second-order valence-electron chi connectivity index (χ2n) is 6.48. The second-order valence-corrected chi connectivity index (χ2v) is 6.48. The van der Waals surface area contributed by atoms with E-state index >= 15 is 0 Å². The fourth-order valence-electron chi connectivity index (χ4n) is 2.85. The van der Waals surface area contributed by atoms with Gasteiger partial charge in [0.05, 0.1) is 19.7 Å². The van der Waals surface area contributed by atoms with Crippen LogP contribution in [0.3, 0.4) is 0 Å². The first kappa shape index (κ1) is 25.1. The van der Waals surface area contributed by atoms with Crippen LogP contribution in [-0.4, -0.2) is 29.4 Å². The van der Waals surface area contributed by atoms with Crippen molar-refractivity contribution in [3.63, 3.8) is 0 Å². The summed E-state index contributed by atoms with van der Waals surface area (Å²) in [6, 6.07) is 5.68. The standard InChI is InChI=1S/C19H26F3N5O.HI/c1-6-23-18(24-10-14-11-27(4)26-17(14)19(20,21)22)25-13(3)15-9-12(2)7-8-16(15)28-5;/h7-9,11,13H,6,10H2,1-5H3,(H2,23,24,25);1H. The number of hydrogen-bond donors (Lipinski definition) is 2. The van der Waals surface area contributed by atoms with Gasteiger partial charge in [0.1, 0.15) is 5.75 Å². The molecule has 0 saturated heterocycles. The Labute approximate surface area is 185 Å². The van der Waals surface area contributed by atoms with E-state index in [1.165, 1.54) is 13.2 Å². The van der Waals surface area contributed by atoms with Gasteiger partial charge in [0, 0.05) is 30.9 Å². The number of nitrogens with zero attached hydrogens (tertiary/aromatic N) is 3. The molecule has 0 radical (unpaired) electrons. The van der Waals surface area contributed by atoms with Crippen LogP contribution in [0.1, 0.15) is 42.3 Å². The zero-order valence-corrected chi connectivity index (χ0v) is 19.4. The molecule has 162 valence electrons. The Hall–Kier alpha value is -1.98. The van der Waals surface area contributed by atoms with Gasteiger partial charge < -0.3 is 15.4 Å². The van der Waals surface area contributed by atoms with Crippen LogP contribution in [0.4, 0.5) is 13.2 Å². The van der Waals surface area contributed by atoms with Gasteiger partial charge >= 0.3 is 6.18 Å². The first-order chi connectivity index (χ1) is 13.2. The van der Waals surface area contributed by atoms with E-state index in [0.29, 0.717) is 12.5 Å². The zero-order valence-electron chi connectivity index (χ0n) is 17.1. The highest BCUT2D eigenvalue weighted by Gasteiger charge is 2.36. The predicted molar refractivity (Wildman–Crippen MR) is 118 cm³/mol. The average molecular weight is 525 g/mol. The molecule has 1 heterocycles. The van der Waals surface area contributed by atoms with Crippen molar-refractivity contribution in [2.75, 3.05) is 13.7 Å². The molecule has 2 N–H and O–H groups in total. The summed E-state index contributed by atoms with van der Waals surface area (Å²) in [5, 5.41) is 9.79. The highest BCUT2D eigenvalue weighted by molar-refractivity contribution is 14.0. The summed E-state index contributed by atoms with van der Waals surface area (Å²) in [4.78, 5) is 4.31. The molecule has 0 bridgehead atoms. The van der Waals surface area contributed by atoms with Gasteiger partial charge in [-0.25, -0.2) is 4.99 Å². The molecular formula is C19H27F3IN5O. The lowest BCUT2D eigenvalue weighted by Crippen LogP contribution is -2.38. The molecule has 0 aliphatic rings. The number of aryl methyl sites for hydroxylation is 2. The first-order valence-electron chi connectivity index (χ1n) is 8.94. The molecule has 0 fully saturated rings. The molecule has 1 aromatic heterocycles. The number of rotatable bonds is 6. The first-order valence-corrected chi connectivity index (χ1v) is 8.94. The van der Waals surface area contributed by atoms with E-state index in [0.717, 1.165) is 21.6 Å². The van der Waals surface area contributed by atoms with E-state index in [1.54, 1.807) is 7.11 Å². The minimum Gasteiger partial charge on any atom is -0.496 e. The molecule has 29 heavy (non-hydrogen) atoms. The second kappa shape index (κ2) is 10.7. The van der Waals surface area contributed by atoms with E-state index in [9.17, 15) is 13.2 Å². The number of guanidine groups is 1. The summed E-state index contributed by atoms with van der Waals surface area (Å²) >= 11 is 0. The Morgan fingerprint density at radius 2 is 2.03 bits per heavy atom. The summed E-state index contributed by atoms with van der Waals surface area (Å²) in [6.45, 7) is 6.24. The Bertz CT molecular complexity index is 836. The van der Waals surface area contributed by atoms with Crippen molar-refractivity contribution >= 4 is 29.9 Å². The topological polar surface area (TPSA) is 63.5 Å². The van der Waals surface area contributed by atoms with E-state index < -0.39 is 11.9 Å². The lowest BCUT2D eigenvalue weighted by molar-refractivity contribution is -0.142. The Kier molecular flexibility index (Phi) is 9.24. The monoisotopic (exact) mass is 525 g/mol. The van der Waals surface area contributed by atoms with Gasteiger partial charge in [-0.2, -0.15) is 18.3 Å². The van der Waals surface area contributed by atoms with Gasteiger partial charge in [-0.3, -0.25) is 4.68 Å². The smallest absolute Gasteiger partial charge is 0.435 e. The third-order valence-corrected chi connectivity index (χ3v) is 4.13. The maximum absolute atomic E-state index is 13.1. The molecule has 0 saturated carbocycles. The molecule has 0 amide bonds. The zero-order chi connectivity index (χ0) is 20.9. The minimum absolute atomic E-state index is 0. The third-order valence-electron chi connectivity index (χ3n) is 4.13. The SMILES string of the molecule is CCNC(=NCc1cn(C)nc1C(F)(F)F)NC(C)c1cc(C)ccc1OC.I. The number of nitrogens with one attached hydrogen (secondary N) is 2. The molecular weight excluding hydrogens is 498 g/mol. The van der Waals surface area contributed by atoms with Crippen LogP contribution in [0.25, 0.3) is 0 Å². The van der Waals surface area contributed by atoms with Crippen LogP contribution in [0.15, 0.2) is 29.4 Å². The number of alkyl halides is 3. The van der Waals surface area contributed by atoms with Crippen LogP contribution in [-0.2, 0) is 19.8 Å². The van der Waals surface area contributed by atoms with Crippen molar-refractivity contribution in [2.24, 2.45) is 12.0 Å². The summed E-state index contributed by atoms with van der Waals surface area (Å²) in [6.07, 6.45) is -3.18. The van der Waals surface area contributed by atoms with Gasteiger partial charge in [0.25, 0.3) is 0 Å². The number of benzene rings is 1. The summed E-state index contributed by atoms with van der Waals surface area (Å²) in [5.74, 6) is 1.14. The number of aromatic nitrogens is 2. The van der Waals surface area contributed by atoms with E-state index in [4.69, 9.17) is 4.74 Å². The molecule has 0 spiro atoms. The van der Waals surface area contributed by atoms with Gasteiger partial charge in [0.2, 0.25) is 0 Å². The number of ether oxygens (including phenoxy) is 1. The quantitative estimate of drug-likeness (QED) is 0.338. The van der Waals surface area contributed by atoms with E-state index in [1.807, 2.05) is 39.0 Å². The molecule has 2 aromatic rings. The van der Waals surface area contributed by atoms with Crippen molar-refractivity contribution in [3.8, 4) is 5.75 Å². The molecule has 1 unspecified atom stereocenters. The van der Waals surface area contributed by atoms with E-state index in [2.05, 4.69) is 20.7 Å². The van der Waals surface area contributed by atoms with Gasteiger partial charge in [-0.1, -0.05) is 17.7 Å². The van der Waals surface area contributed by atoms with Crippen LogP contribution >= 0.6 is 24.0 Å². The lowest BCUT2D eigenvalue weighted by Gasteiger charge is -2.20. The van der Waals surface area contributed by atoms with Crippen LogP contribution in [0.5, 0.6) is 5.75 Å². The highest BCUT2D eigenvalue weighted by Crippen LogP contribution is 2.31.